The molecule has 0 bridgehead atoms. The quantitative estimate of drug-likeness (QED) is 0.453. The minimum Gasteiger partial charge on any atom is -0.461 e. The molecule has 0 amide bonds. The Hall–Kier alpha value is -0.860. The summed E-state index contributed by atoms with van der Waals surface area (Å²) in [5.74, 6) is -0.590. The van der Waals surface area contributed by atoms with Crippen LogP contribution in [0, 0.1) is 11.8 Å². The summed E-state index contributed by atoms with van der Waals surface area (Å²) in [4.78, 5) is 22.5. The van der Waals surface area contributed by atoms with Crippen LogP contribution in [0.3, 0.4) is 0 Å². The normalized spacial score (nSPS) is 38.2. The number of ether oxygens (including phenoxy) is 1. The van der Waals surface area contributed by atoms with Gasteiger partial charge in [-0.25, -0.2) is 0 Å². The van der Waals surface area contributed by atoms with Crippen LogP contribution >= 0.6 is 0 Å². The maximum atomic E-state index is 11.3. The van der Waals surface area contributed by atoms with Gasteiger partial charge in [0.25, 0.3) is 0 Å². The van der Waals surface area contributed by atoms with Crippen LogP contribution in [0.1, 0.15) is 32.6 Å². The Morgan fingerprint density at radius 3 is 2.77 bits per heavy atom. The molecule has 72 valence electrons. The molecule has 0 radical (unpaired) electrons. The van der Waals surface area contributed by atoms with E-state index >= 15 is 0 Å². The Bertz CT molecular complexity index is 247. The summed E-state index contributed by atoms with van der Waals surface area (Å²) < 4.78 is 5.18. The van der Waals surface area contributed by atoms with E-state index in [1.807, 2.05) is 0 Å². The Morgan fingerprint density at radius 1 is 1.38 bits per heavy atom. The molecule has 1 aliphatic carbocycles. The van der Waals surface area contributed by atoms with Crippen LogP contribution in [0.15, 0.2) is 0 Å². The van der Waals surface area contributed by atoms with Crippen LogP contribution in [0.25, 0.3) is 0 Å². The predicted octanol–water partition coefficient (Wildman–Crippen LogP) is 1.31. The van der Waals surface area contributed by atoms with Gasteiger partial charge in [-0.1, -0.05) is 6.42 Å². The van der Waals surface area contributed by atoms with Crippen molar-refractivity contribution in [2.75, 3.05) is 0 Å². The van der Waals surface area contributed by atoms with Crippen molar-refractivity contribution in [1.29, 1.82) is 0 Å². The van der Waals surface area contributed by atoms with Crippen molar-refractivity contribution in [3.8, 4) is 0 Å². The van der Waals surface area contributed by atoms with Crippen LogP contribution in [-0.4, -0.2) is 17.9 Å². The molecule has 13 heavy (non-hydrogen) atoms. The molecule has 3 atom stereocenters. The van der Waals surface area contributed by atoms with Crippen molar-refractivity contribution in [3.05, 3.63) is 0 Å². The number of carbonyl (C=O) groups is 2. The average Bonchev–Trinajstić information content (AvgIpc) is 2.39. The minimum absolute atomic E-state index is 0.0283. The summed E-state index contributed by atoms with van der Waals surface area (Å²) in [6, 6.07) is 0. The van der Waals surface area contributed by atoms with E-state index in [1.54, 1.807) is 0 Å². The maximum absolute atomic E-state index is 11.3. The van der Waals surface area contributed by atoms with Crippen molar-refractivity contribution in [2.24, 2.45) is 11.8 Å². The van der Waals surface area contributed by atoms with Gasteiger partial charge in [-0.3, -0.25) is 9.59 Å². The first-order valence-corrected chi connectivity index (χ1v) is 4.91. The average molecular weight is 182 g/mol. The van der Waals surface area contributed by atoms with E-state index in [0.717, 1.165) is 25.7 Å². The first kappa shape index (κ1) is 8.73. The lowest BCUT2D eigenvalue weighted by atomic mass is 9.79. The fourth-order valence-corrected chi connectivity index (χ4v) is 2.52. The Kier molecular flexibility index (Phi) is 2.10. The summed E-state index contributed by atoms with van der Waals surface area (Å²) in [5.41, 5.74) is 0. The second-order valence-electron chi connectivity index (χ2n) is 4.01. The lowest BCUT2D eigenvalue weighted by Crippen LogP contribution is -2.28. The number of rotatable bonds is 1. The highest BCUT2D eigenvalue weighted by Gasteiger charge is 2.47. The first-order valence-electron chi connectivity index (χ1n) is 4.91. The molecule has 1 aliphatic heterocycles. The van der Waals surface area contributed by atoms with Gasteiger partial charge in [-0.05, 0) is 26.2 Å². The molecular weight excluding hydrogens is 168 g/mol. The molecular formula is C10H14O3. The van der Waals surface area contributed by atoms with Gasteiger partial charge in [0.05, 0.1) is 0 Å². The van der Waals surface area contributed by atoms with Crippen LogP contribution in [-0.2, 0) is 14.3 Å². The molecule has 1 saturated carbocycles. The molecule has 1 saturated heterocycles. The highest BCUT2D eigenvalue weighted by atomic mass is 16.6. The van der Waals surface area contributed by atoms with E-state index in [9.17, 15) is 9.59 Å². The monoisotopic (exact) mass is 182 g/mol. The van der Waals surface area contributed by atoms with Gasteiger partial charge in [0, 0.05) is 5.92 Å². The van der Waals surface area contributed by atoms with Crippen molar-refractivity contribution >= 4 is 11.8 Å². The molecule has 0 unspecified atom stereocenters. The molecule has 0 aromatic carbocycles. The summed E-state index contributed by atoms with van der Waals surface area (Å²) in [6.45, 7) is 1.49. The fraction of sp³-hybridized carbons (Fsp3) is 0.800. The molecule has 0 aromatic rings. The summed E-state index contributed by atoms with van der Waals surface area (Å²) in [6.07, 6.45) is 4.21. The molecule has 3 heteroatoms. The molecule has 0 aromatic heterocycles. The predicted molar refractivity (Wildman–Crippen MR) is 46.0 cm³/mol. The zero-order chi connectivity index (χ0) is 9.42. The molecule has 2 aliphatic rings. The molecule has 3 nitrogen and oxygen atoms in total. The van der Waals surface area contributed by atoms with E-state index in [4.69, 9.17) is 4.74 Å². The van der Waals surface area contributed by atoms with Crippen LogP contribution in [0.5, 0.6) is 0 Å². The minimum atomic E-state index is -0.453. The zero-order valence-corrected chi connectivity index (χ0v) is 7.79. The van der Waals surface area contributed by atoms with Crippen molar-refractivity contribution in [2.45, 2.75) is 38.7 Å². The molecule has 0 N–H and O–H groups in total. The number of esters is 1. The number of hydrogen-bond acceptors (Lipinski definition) is 3. The zero-order valence-electron chi connectivity index (χ0n) is 7.79. The maximum Gasteiger partial charge on any atom is 0.317 e. The smallest absolute Gasteiger partial charge is 0.317 e. The first-order chi connectivity index (χ1) is 6.20. The number of ketones is 1. The number of fused-ring (bicyclic) bond motifs is 1. The van der Waals surface area contributed by atoms with Crippen LogP contribution in [0.4, 0.5) is 0 Å². The second kappa shape index (κ2) is 3.13. The summed E-state index contributed by atoms with van der Waals surface area (Å²) >= 11 is 0. The fourth-order valence-electron chi connectivity index (χ4n) is 2.52. The van der Waals surface area contributed by atoms with Gasteiger partial charge < -0.3 is 4.74 Å². The van der Waals surface area contributed by atoms with Crippen molar-refractivity contribution < 1.29 is 14.3 Å². The lowest BCUT2D eigenvalue weighted by Gasteiger charge is -2.24. The van der Waals surface area contributed by atoms with Gasteiger partial charge in [-0.2, -0.15) is 0 Å². The standard InChI is InChI=1S/C10H14O3/c1-6(11)9-7-4-2-3-5-8(7)13-10(9)12/h7-9H,2-5H2,1H3/t7-,8+,9+/m0/s1. The van der Waals surface area contributed by atoms with E-state index in [1.165, 1.54) is 6.92 Å². The summed E-state index contributed by atoms with van der Waals surface area (Å²) in [7, 11) is 0. The van der Waals surface area contributed by atoms with Crippen molar-refractivity contribution in [3.63, 3.8) is 0 Å². The molecule has 1 heterocycles. The largest absolute Gasteiger partial charge is 0.461 e. The third-order valence-corrected chi connectivity index (χ3v) is 3.14. The van der Waals surface area contributed by atoms with Crippen LogP contribution < -0.4 is 0 Å². The lowest BCUT2D eigenvalue weighted by molar-refractivity contribution is -0.146. The van der Waals surface area contributed by atoms with Gasteiger partial charge >= 0.3 is 5.97 Å². The van der Waals surface area contributed by atoms with E-state index in [0.29, 0.717) is 0 Å². The Balaban J connectivity index is 2.18. The highest BCUT2D eigenvalue weighted by molar-refractivity contribution is 5.99. The number of Topliss-reactive ketones (excluding diaryl/α,β-unsaturated/α-hetero) is 1. The van der Waals surface area contributed by atoms with Crippen molar-refractivity contribution in [1.82, 2.24) is 0 Å². The highest BCUT2D eigenvalue weighted by Crippen LogP contribution is 2.39. The van der Waals surface area contributed by atoms with E-state index < -0.39 is 5.92 Å². The Morgan fingerprint density at radius 2 is 2.08 bits per heavy atom. The third kappa shape index (κ3) is 1.36. The van der Waals surface area contributed by atoms with Gasteiger partial charge in [0.2, 0.25) is 0 Å². The SMILES string of the molecule is CC(=O)[C@H]1C(=O)O[C@@H]2CCCC[C@H]12. The molecule has 2 rings (SSSR count). The Labute approximate surface area is 77.4 Å². The molecule has 0 spiro atoms. The topological polar surface area (TPSA) is 43.4 Å². The van der Waals surface area contributed by atoms with Gasteiger partial charge in [0.1, 0.15) is 17.8 Å². The number of carbonyl (C=O) groups excluding carboxylic acids is 2. The summed E-state index contributed by atoms with van der Waals surface area (Å²) in [5, 5.41) is 0. The second-order valence-corrected chi connectivity index (χ2v) is 4.01. The number of hydrogen-bond donors (Lipinski definition) is 0. The van der Waals surface area contributed by atoms with Gasteiger partial charge in [0.15, 0.2) is 0 Å². The van der Waals surface area contributed by atoms with Crippen LogP contribution in [0.2, 0.25) is 0 Å². The third-order valence-electron chi connectivity index (χ3n) is 3.14. The van der Waals surface area contributed by atoms with E-state index in [2.05, 4.69) is 0 Å². The molecule has 2 fully saturated rings. The van der Waals surface area contributed by atoms with Gasteiger partial charge in [-0.15, -0.1) is 0 Å². The van der Waals surface area contributed by atoms with E-state index in [-0.39, 0.29) is 23.8 Å².